The molecule has 0 saturated carbocycles. The summed E-state index contributed by atoms with van der Waals surface area (Å²) in [5.74, 6) is 7.41. The third-order valence-corrected chi connectivity index (χ3v) is 4.72. The molecule has 3 atom stereocenters. The van der Waals surface area contributed by atoms with E-state index >= 15 is 0 Å². The lowest BCUT2D eigenvalue weighted by atomic mass is 10.1. The van der Waals surface area contributed by atoms with Crippen LogP contribution in [-0.2, 0) is 4.74 Å². The number of ether oxygens (including phenoxy) is 1. The number of unbranched alkanes of at least 4 members (excludes halogenated alkanes) is 2. The summed E-state index contributed by atoms with van der Waals surface area (Å²) in [6, 6.07) is 0. The summed E-state index contributed by atoms with van der Waals surface area (Å²) in [6.45, 7) is 1.91. The van der Waals surface area contributed by atoms with E-state index in [9.17, 15) is 10.2 Å². The van der Waals surface area contributed by atoms with E-state index in [1.165, 1.54) is 0 Å². The Kier molecular flexibility index (Phi) is 6.29. The Hall–Kier alpha value is -2.47. The fraction of sp³-hybridized carbons (Fsp3) is 0.550. The number of fused-ring (bicyclic) bond motifs is 1. The maximum Gasteiger partial charge on any atom is 0.199 e. The van der Waals surface area contributed by atoms with E-state index in [1.54, 1.807) is 0 Å². The molecule has 8 nitrogen and oxygen atoms in total. The van der Waals surface area contributed by atoms with Crippen LogP contribution < -0.4 is 11.1 Å². The van der Waals surface area contributed by atoms with Crippen LogP contribution in [0.2, 0.25) is 0 Å². The second kappa shape index (κ2) is 8.69. The SMILES string of the molecule is CCCCC#Cc1cn([C@H]2C[C@H](O)[C@@H](CO)O2)c2c1C(=CN(C)C)NC(N)=N2. The van der Waals surface area contributed by atoms with Gasteiger partial charge in [0, 0.05) is 39.3 Å². The van der Waals surface area contributed by atoms with Gasteiger partial charge in [-0.3, -0.25) is 0 Å². The fourth-order valence-corrected chi connectivity index (χ4v) is 3.38. The number of rotatable bonds is 5. The predicted molar refractivity (Wildman–Crippen MR) is 109 cm³/mol. The lowest BCUT2D eigenvalue weighted by molar-refractivity contribution is -0.0436. The highest BCUT2D eigenvalue weighted by molar-refractivity contribution is 5.96. The second-order valence-corrected chi connectivity index (χ2v) is 7.30. The minimum Gasteiger partial charge on any atom is -0.394 e. The van der Waals surface area contributed by atoms with Crippen LogP contribution in [-0.4, -0.2) is 58.5 Å². The number of nitrogens with two attached hydrogens (primary N) is 1. The Labute approximate surface area is 165 Å². The Morgan fingerprint density at radius 1 is 1.50 bits per heavy atom. The van der Waals surface area contributed by atoms with Crippen molar-refractivity contribution in [2.45, 2.75) is 51.0 Å². The number of nitrogens with one attached hydrogen (secondary N) is 1. The van der Waals surface area contributed by atoms with Gasteiger partial charge in [0.05, 0.1) is 29.5 Å². The van der Waals surface area contributed by atoms with Crippen molar-refractivity contribution in [3.8, 4) is 11.8 Å². The molecule has 1 aromatic heterocycles. The maximum absolute atomic E-state index is 10.1. The molecule has 0 amide bonds. The molecule has 1 fully saturated rings. The van der Waals surface area contributed by atoms with Crippen molar-refractivity contribution < 1.29 is 14.9 Å². The van der Waals surface area contributed by atoms with Gasteiger partial charge in [-0.25, -0.2) is 0 Å². The minimum atomic E-state index is -0.730. The van der Waals surface area contributed by atoms with E-state index in [0.717, 1.165) is 36.1 Å². The van der Waals surface area contributed by atoms with Crippen LogP contribution in [0.5, 0.6) is 0 Å². The highest BCUT2D eigenvalue weighted by atomic mass is 16.5. The van der Waals surface area contributed by atoms with Crippen LogP contribution in [0.3, 0.4) is 0 Å². The van der Waals surface area contributed by atoms with Gasteiger partial charge in [-0.2, -0.15) is 4.99 Å². The molecule has 0 bridgehead atoms. The second-order valence-electron chi connectivity index (χ2n) is 7.30. The molecule has 0 unspecified atom stereocenters. The summed E-state index contributed by atoms with van der Waals surface area (Å²) in [7, 11) is 3.87. The van der Waals surface area contributed by atoms with E-state index in [2.05, 4.69) is 29.1 Å². The number of aliphatic imine (C=N–C) groups is 1. The lowest BCUT2D eigenvalue weighted by Gasteiger charge is -2.21. The van der Waals surface area contributed by atoms with Crippen LogP contribution in [0.15, 0.2) is 17.4 Å². The van der Waals surface area contributed by atoms with E-state index < -0.39 is 18.4 Å². The Bertz CT molecular complexity index is 831. The van der Waals surface area contributed by atoms with Gasteiger partial charge in [0.15, 0.2) is 5.96 Å². The molecule has 8 heteroatoms. The summed E-state index contributed by atoms with van der Waals surface area (Å²) in [5, 5.41) is 22.7. The van der Waals surface area contributed by atoms with Crippen molar-refractivity contribution in [3.63, 3.8) is 0 Å². The average Bonchev–Trinajstić information content (AvgIpc) is 3.18. The fourth-order valence-electron chi connectivity index (χ4n) is 3.38. The molecule has 152 valence electrons. The van der Waals surface area contributed by atoms with Gasteiger partial charge < -0.3 is 35.5 Å². The van der Waals surface area contributed by atoms with Gasteiger partial charge in [-0.1, -0.05) is 25.2 Å². The van der Waals surface area contributed by atoms with Crippen LogP contribution >= 0.6 is 0 Å². The summed E-state index contributed by atoms with van der Waals surface area (Å²) >= 11 is 0. The zero-order valence-electron chi connectivity index (χ0n) is 16.6. The molecule has 1 saturated heterocycles. The average molecular weight is 387 g/mol. The summed E-state index contributed by atoms with van der Waals surface area (Å²) in [5.41, 5.74) is 8.51. The quantitative estimate of drug-likeness (QED) is 0.445. The standard InChI is InChI=1S/C20H29N5O3/c1-4-5-6-7-8-13-10-25(17-9-15(27)16(12-26)28-17)19-18(13)14(11-24(2)3)22-20(21)23-19/h10-11,15-17,26-27H,4-6,9,12H2,1-3H3,(H3,21,22,23)/t15-,16+,17+/m0/s1. The minimum absolute atomic E-state index is 0.233. The highest BCUT2D eigenvalue weighted by Crippen LogP contribution is 2.39. The number of nitrogens with zero attached hydrogens (tertiary/aromatic N) is 3. The van der Waals surface area contributed by atoms with Crippen molar-refractivity contribution in [1.82, 2.24) is 14.8 Å². The number of aromatic nitrogens is 1. The molecule has 5 N–H and O–H groups in total. The van der Waals surface area contributed by atoms with E-state index in [0.29, 0.717) is 12.2 Å². The first-order chi connectivity index (χ1) is 13.4. The zero-order chi connectivity index (χ0) is 20.3. The Balaban J connectivity index is 2.07. The first kappa shape index (κ1) is 20.3. The number of hydrogen-bond acceptors (Lipinski definition) is 7. The Morgan fingerprint density at radius 3 is 2.93 bits per heavy atom. The monoisotopic (exact) mass is 387 g/mol. The number of aliphatic hydroxyl groups excluding tert-OH is 2. The predicted octanol–water partition coefficient (Wildman–Crippen LogP) is 1.08. The molecule has 0 aliphatic carbocycles. The normalized spacial score (nSPS) is 25.0. The van der Waals surface area contributed by atoms with Crippen LogP contribution in [0.1, 0.15) is 50.0 Å². The van der Waals surface area contributed by atoms with Crippen LogP contribution in [0.25, 0.3) is 5.70 Å². The lowest BCUT2D eigenvalue weighted by Crippen LogP contribution is -2.33. The smallest absolute Gasteiger partial charge is 0.199 e. The first-order valence-corrected chi connectivity index (χ1v) is 9.62. The first-order valence-electron chi connectivity index (χ1n) is 9.62. The topological polar surface area (TPSA) is 108 Å². The van der Waals surface area contributed by atoms with Crippen LogP contribution in [0.4, 0.5) is 5.82 Å². The van der Waals surface area contributed by atoms with E-state index in [1.807, 2.05) is 36.0 Å². The van der Waals surface area contributed by atoms with E-state index in [4.69, 9.17) is 10.5 Å². The van der Waals surface area contributed by atoms with Crippen molar-refractivity contribution in [3.05, 3.63) is 23.5 Å². The number of aliphatic hydroxyl groups is 2. The van der Waals surface area contributed by atoms with E-state index in [-0.39, 0.29) is 12.6 Å². The molecular weight excluding hydrogens is 358 g/mol. The Morgan fingerprint density at radius 2 is 2.29 bits per heavy atom. The van der Waals surface area contributed by atoms with Crippen molar-refractivity contribution >= 4 is 17.5 Å². The van der Waals surface area contributed by atoms with Gasteiger partial charge in [0.25, 0.3) is 0 Å². The van der Waals surface area contributed by atoms with Gasteiger partial charge in [-0.05, 0) is 6.42 Å². The summed E-state index contributed by atoms with van der Waals surface area (Å²) in [4.78, 5) is 6.41. The summed E-state index contributed by atoms with van der Waals surface area (Å²) in [6.07, 6.45) is 5.39. The molecule has 1 aromatic rings. The van der Waals surface area contributed by atoms with Crippen molar-refractivity contribution in [2.24, 2.45) is 10.7 Å². The number of guanidine groups is 1. The molecule has 0 radical (unpaired) electrons. The molecule has 3 rings (SSSR count). The van der Waals surface area contributed by atoms with Gasteiger partial charge >= 0.3 is 0 Å². The van der Waals surface area contributed by atoms with Gasteiger partial charge in [0.1, 0.15) is 18.1 Å². The molecule has 0 aromatic carbocycles. The van der Waals surface area contributed by atoms with Crippen LogP contribution in [0, 0.1) is 11.8 Å². The largest absolute Gasteiger partial charge is 0.394 e. The highest BCUT2D eigenvalue weighted by Gasteiger charge is 2.37. The molecule has 0 spiro atoms. The molecule has 2 aliphatic heterocycles. The maximum atomic E-state index is 10.1. The third-order valence-electron chi connectivity index (χ3n) is 4.72. The van der Waals surface area contributed by atoms with Gasteiger partial charge in [-0.15, -0.1) is 0 Å². The molecule has 3 heterocycles. The van der Waals surface area contributed by atoms with Gasteiger partial charge in [0.2, 0.25) is 0 Å². The molecule has 28 heavy (non-hydrogen) atoms. The zero-order valence-corrected chi connectivity index (χ0v) is 16.6. The van der Waals surface area contributed by atoms with Crippen molar-refractivity contribution in [1.29, 1.82) is 0 Å². The molecule has 2 aliphatic rings. The van der Waals surface area contributed by atoms with Crippen molar-refractivity contribution in [2.75, 3.05) is 20.7 Å². The molecular formula is C20H29N5O3. The third kappa shape index (κ3) is 4.17. The summed E-state index contributed by atoms with van der Waals surface area (Å²) < 4.78 is 7.69. The number of hydrogen-bond donors (Lipinski definition) is 4.